The summed E-state index contributed by atoms with van der Waals surface area (Å²) in [6.07, 6.45) is 3.51. The third-order valence-corrected chi connectivity index (χ3v) is 4.43. The maximum atomic E-state index is 7.24. The van der Waals surface area contributed by atoms with Crippen molar-refractivity contribution in [3.8, 4) is 0 Å². The van der Waals surface area contributed by atoms with Gasteiger partial charge in [-0.3, -0.25) is 0 Å². The van der Waals surface area contributed by atoms with Crippen molar-refractivity contribution in [3.63, 3.8) is 0 Å². The molecule has 0 aliphatic carbocycles. The molecular weight excluding hydrogens is 293 g/mol. The van der Waals surface area contributed by atoms with Crippen LogP contribution in [0.4, 0.5) is 0 Å². The standard InChI is InChI=1S/C7H16N.HN.Ta/c1-4-7(8,5-2)6-3;;/h8H,4-6H2,1-3H3;1H;/q-1;;+1. The molecule has 0 radical (unpaired) electrons. The van der Waals surface area contributed by atoms with Gasteiger partial charge in [0.15, 0.2) is 0 Å². The predicted molar refractivity (Wildman–Crippen MR) is 39.5 cm³/mol. The third kappa shape index (κ3) is 2.62. The van der Waals surface area contributed by atoms with Crippen molar-refractivity contribution >= 4 is 0 Å². The zero-order chi connectivity index (χ0) is 8.04. The molecule has 0 aliphatic heterocycles. The summed E-state index contributed by atoms with van der Waals surface area (Å²) >= 11 is -1.04. The van der Waals surface area contributed by atoms with E-state index in [0.29, 0.717) is 5.54 Å². The van der Waals surface area contributed by atoms with Crippen molar-refractivity contribution in [3.05, 3.63) is 0 Å². The second-order valence-corrected chi connectivity index (χ2v) is 4.17. The van der Waals surface area contributed by atoms with Gasteiger partial charge in [0, 0.05) is 0 Å². The molecule has 0 spiro atoms. The van der Waals surface area contributed by atoms with Crippen LogP contribution in [-0.2, 0) is 19.8 Å². The molecule has 10 heavy (non-hydrogen) atoms. The van der Waals surface area contributed by atoms with Gasteiger partial charge < -0.3 is 0 Å². The molecule has 0 bridgehead atoms. The molecule has 0 aromatic heterocycles. The zero-order valence-corrected chi connectivity index (χ0v) is 10.3. The van der Waals surface area contributed by atoms with E-state index >= 15 is 0 Å². The van der Waals surface area contributed by atoms with Crippen LogP contribution in [0.2, 0.25) is 0 Å². The average molecular weight is 310 g/mol. The molecular formula is C7H17N2Ta. The van der Waals surface area contributed by atoms with Gasteiger partial charge in [0.05, 0.1) is 0 Å². The Hall–Kier alpha value is 0.500. The van der Waals surface area contributed by atoms with E-state index < -0.39 is 19.8 Å². The quantitative estimate of drug-likeness (QED) is 0.803. The molecule has 0 fully saturated rings. The monoisotopic (exact) mass is 310 g/mol. The van der Waals surface area contributed by atoms with Crippen molar-refractivity contribution in [1.29, 1.82) is 3.76 Å². The number of hydrogen-bond acceptors (Lipinski definition) is 1. The first-order valence-electron chi connectivity index (χ1n) is 3.88. The van der Waals surface area contributed by atoms with Crippen LogP contribution in [0.5, 0.6) is 0 Å². The molecule has 0 rings (SSSR count). The maximum absolute atomic E-state index is 7.24. The van der Waals surface area contributed by atoms with Crippen molar-refractivity contribution < 1.29 is 19.8 Å². The Morgan fingerprint density at radius 2 is 1.60 bits per heavy atom. The van der Waals surface area contributed by atoms with E-state index in [9.17, 15) is 0 Å². The molecule has 2 nitrogen and oxygen atoms in total. The van der Waals surface area contributed by atoms with Crippen molar-refractivity contribution in [2.24, 2.45) is 0 Å². The SMILES string of the molecule is CCC(CC)(CC)[NH][Ta]=[NH]. The van der Waals surface area contributed by atoms with Crippen molar-refractivity contribution in [1.82, 2.24) is 3.72 Å². The van der Waals surface area contributed by atoms with E-state index in [0.717, 1.165) is 0 Å². The van der Waals surface area contributed by atoms with Crippen LogP contribution in [0.1, 0.15) is 40.0 Å². The fraction of sp³-hybridized carbons (Fsp3) is 1.00. The van der Waals surface area contributed by atoms with Crippen LogP contribution in [0, 0.1) is 3.76 Å². The van der Waals surface area contributed by atoms with Gasteiger partial charge in [0.2, 0.25) is 0 Å². The van der Waals surface area contributed by atoms with Crippen molar-refractivity contribution in [2.75, 3.05) is 0 Å². The second kappa shape index (κ2) is 5.19. The average Bonchev–Trinajstić information content (AvgIpc) is 2.01. The van der Waals surface area contributed by atoms with E-state index in [2.05, 4.69) is 24.5 Å². The number of nitrogens with one attached hydrogen (secondary N) is 2. The minimum absolute atomic E-state index is 0.318. The predicted octanol–water partition coefficient (Wildman–Crippen LogP) is 2.30. The topological polar surface area (TPSA) is 35.9 Å². The van der Waals surface area contributed by atoms with Crippen LogP contribution in [0.3, 0.4) is 0 Å². The van der Waals surface area contributed by atoms with Gasteiger partial charge in [-0.1, -0.05) is 0 Å². The zero-order valence-electron chi connectivity index (χ0n) is 7.07. The summed E-state index contributed by atoms with van der Waals surface area (Å²) in [6.45, 7) is 6.62. The Morgan fingerprint density at radius 1 is 1.20 bits per heavy atom. The molecule has 0 heterocycles. The van der Waals surface area contributed by atoms with E-state index in [4.69, 9.17) is 3.76 Å². The van der Waals surface area contributed by atoms with Gasteiger partial charge in [0.1, 0.15) is 0 Å². The molecule has 0 atom stereocenters. The van der Waals surface area contributed by atoms with Crippen LogP contribution < -0.4 is 3.72 Å². The minimum atomic E-state index is -1.04. The Morgan fingerprint density at radius 3 is 1.70 bits per heavy atom. The summed E-state index contributed by atoms with van der Waals surface area (Å²) in [5, 5.41) is 0. The molecule has 0 aromatic rings. The van der Waals surface area contributed by atoms with Gasteiger partial charge in [-0.15, -0.1) is 0 Å². The van der Waals surface area contributed by atoms with E-state index in [-0.39, 0.29) is 0 Å². The molecule has 3 heteroatoms. The summed E-state index contributed by atoms with van der Waals surface area (Å²) in [6, 6.07) is 0. The summed E-state index contributed by atoms with van der Waals surface area (Å²) in [7, 11) is 0. The summed E-state index contributed by atoms with van der Waals surface area (Å²) in [5.41, 5.74) is 0.318. The Labute approximate surface area is 73.1 Å². The van der Waals surface area contributed by atoms with E-state index in [1.54, 1.807) is 0 Å². The first-order chi connectivity index (χ1) is 4.74. The molecule has 2 N–H and O–H groups in total. The van der Waals surface area contributed by atoms with Crippen LogP contribution in [0.25, 0.3) is 0 Å². The summed E-state index contributed by atoms with van der Waals surface area (Å²) in [4.78, 5) is 0. The molecule has 0 unspecified atom stereocenters. The third-order valence-electron chi connectivity index (χ3n) is 2.32. The Kier molecular flexibility index (Phi) is 5.45. The number of rotatable bonds is 5. The van der Waals surface area contributed by atoms with Gasteiger partial charge >= 0.3 is 72.9 Å². The molecule has 0 amide bonds. The first-order valence-corrected chi connectivity index (χ1v) is 7.09. The molecule has 60 valence electrons. The molecule has 0 saturated carbocycles. The van der Waals surface area contributed by atoms with Crippen LogP contribution in [0.15, 0.2) is 0 Å². The van der Waals surface area contributed by atoms with Gasteiger partial charge in [-0.25, -0.2) is 0 Å². The molecule has 0 aliphatic rings. The Bertz CT molecular complexity index is 91.5. The second-order valence-electron chi connectivity index (χ2n) is 2.56. The van der Waals surface area contributed by atoms with Crippen LogP contribution >= 0.6 is 0 Å². The number of hydrogen-bond donors (Lipinski definition) is 2. The summed E-state index contributed by atoms with van der Waals surface area (Å²) < 4.78 is 10.6. The van der Waals surface area contributed by atoms with Gasteiger partial charge in [-0.05, 0) is 0 Å². The van der Waals surface area contributed by atoms with Crippen LogP contribution in [-0.4, -0.2) is 5.54 Å². The molecule has 0 aromatic carbocycles. The fourth-order valence-electron chi connectivity index (χ4n) is 1.11. The molecule has 0 saturated heterocycles. The van der Waals surface area contributed by atoms with E-state index in [1.807, 2.05) is 0 Å². The summed E-state index contributed by atoms with van der Waals surface area (Å²) in [5.74, 6) is 0. The van der Waals surface area contributed by atoms with Gasteiger partial charge in [0.25, 0.3) is 0 Å². The fourth-order valence-corrected chi connectivity index (χ4v) is 3.66. The van der Waals surface area contributed by atoms with Gasteiger partial charge in [-0.2, -0.15) is 0 Å². The van der Waals surface area contributed by atoms with Crippen molar-refractivity contribution in [2.45, 2.75) is 45.6 Å². The normalized spacial score (nSPS) is 11.5. The Balaban J connectivity index is 4.00. The van der Waals surface area contributed by atoms with E-state index in [1.165, 1.54) is 19.3 Å². The first kappa shape index (κ1) is 10.5.